The van der Waals surface area contributed by atoms with E-state index in [4.69, 9.17) is 9.26 Å². The van der Waals surface area contributed by atoms with E-state index in [9.17, 15) is 4.21 Å². The fourth-order valence-corrected chi connectivity index (χ4v) is 4.25. The van der Waals surface area contributed by atoms with Gasteiger partial charge in [-0.2, -0.15) is 4.98 Å². The fourth-order valence-electron chi connectivity index (χ4n) is 2.95. The highest BCUT2D eigenvalue weighted by molar-refractivity contribution is 7.86. The van der Waals surface area contributed by atoms with Crippen molar-refractivity contribution in [3.63, 3.8) is 0 Å². The van der Waals surface area contributed by atoms with Crippen LogP contribution in [0.15, 0.2) is 41.2 Å². The summed E-state index contributed by atoms with van der Waals surface area (Å²) in [6, 6.07) is 10.1. The number of benzene rings is 1. The van der Waals surface area contributed by atoms with Crippen LogP contribution in [0.3, 0.4) is 0 Å². The average Bonchev–Trinajstić information content (AvgIpc) is 3.03. The van der Waals surface area contributed by atoms with E-state index in [1.165, 1.54) is 6.39 Å². The maximum atomic E-state index is 12.6. The molecule has 1 saturated carbocycles. The molecule has 0 amide bonds. The van der Waals surface area contributed by atoms with Crippen molar-refractivity contribution in [2.24, 2.45) is 0 Å². The van der Waals surface area contributed by atoms with Crippen molar-refractivity contribution in [1.82, 2.24) is 10.1 Å². The number of hydrogen-bond acceptors (Lipinski definition) is 5. The Morgan fingerprint density at radius 1 is 1.29 bits per heavy atom. The van der Waals surface area contributed by atoms with Crippen molar-refractivity contribution in [3.05, 3.63) is 48.1 Å². The molecule has 1 unspecified atom stereocenters. The summed E-state index contributed by atoms with van der Waals surface area (Å²) in [5.74, 6) is 1.20. The van der Waals surface area contributed by atoms with Gasteiger partial charge in [0, 0.05) is 21.3 Å². The number of rotatable bonds is 6. The topological polar surface area (TPSA) is 65.2 Å². The molecule has 2 aromatic rings. The summed E-state index contributed by atoms with van der Waals surface area (Å²) in [5.41, 5.74) is 0.861. The molecular formula is C18H24N2O3S. The van der Waals surface area contributed by atoms with E-state index >= 15 is 0 Å². The van der Waals surface area contributed by atoms with Gasteiger partial charge in [0.1, 0.15) is 0 Å². The molecule has 6 heteroatoms. The third-order valence-corrected chi connectivity index (χ3v) is 6.67. The Labute approximate surface area is 145 Å². The highest BCUT2D eigenvalue weighted by Crippen LogP contribution is 2.45. The van der Waals surface area contributed by atoms with Crippen LogP contribution < -0.4 is 0 Å². The van der Waals surface area contributed by atoms with Gasteiger partial charge in [-0.15, -0.1) is 0 Å². The van der Waals surface area contributed by atoms with Gasteiger partial charge in [0.25, 0.3) is 0 Å². The van der Waals surface area contributed by atoms with Crippen molar-refractivity contribution < 1.29 is 13.5 Å². The summed E-state index contributed by atoms with van der Waals surface area (Å²) in [4.78, 5) is 4.23. The molecule has 1 atom stereocenters. The van der Waals surface area contributed by atoms with Crippen LogP contribution in [0.25, 0.3) is 0 Å². The summed E-state index contributed by atoms with van der Waals surface area (Å²) < 4.78 is 23.3. The van der Waals surface area contributed by atoms with Crippen LogP contribution in [0.4, 0.5) is 0 Å². The highest BCUT2D eigenvalue weighted by Gasteiger charge is 2.51. The zero-order chi connectivity index (χ0) is 17.2. The molecule has 24 heavy (non-hydrogen) atoms. The van der Waals surface area contributed by atoms with Crippen LogP contribution in [0, 0.1) is 0 Å². The molecule has 1 aliphatic rings. The molecule has 3 rings (SSSR count). The lowest BCUT2D eigenvalue weighted by Gasteiger charge is -2.45. The van der Waals surface area contributed by atoms with E-state index < -0.39 is 10.8 Å². The number of aromatic nitrogens is 2. The zero-order valence-corrected chi connectivity index (χ0v) is 15.2. The zero-order valence-electron chi connectivity index (χ0n) is 14.4. The Morgan fingerprint density at radius 2 is 2.00 bits per heavy atom. The molecule has 0 aliphatic heterocycles. The highest BCUT2D eigenvalue weighted by atomic mass is 32.2. The lowest BCUT2D eigenvalue weighted by molar-refractivity contribution is -0.0515. The van der Waals surface area contributed by atoms with Gasteiger partial charge in [-0.25, -0.2) is 0 Å². The van der Waals surface area contributed by atoms with Crippen molar-refractivity contribution in [2.75, 3.05) is 5.75 Å². The summed E-state index contributed by atoms with van der Waals surface area (Å²) in [6.45, 7) is 6.58. The van der Waals surface area contributed by atoms with Crippen molar-refractivity contribution in [3.8, 4) is 0 Å². The van der Waals surface area contributed by atoms with Gasteiger partial charge in [0.15, 0.2) is 5.82 Å². The number of hydrogen-bond donors (Lipinski definition) is 0. The molecule has 1 heterocycles. The lowest BCUT2D eigenvalue weighted by Crippen LogP contribution is -2.51. The second-order valence-electron chi connectivity index (χ2n) is 7.46. The third-order valence-electron chi connectivity index (χ3n) is 4.49. The van der Waals surface area contributed by atoms with Crippen molar-refractivity contribution in [1.29, 1.82) is 0 Å². The van der Waals surface area contributed by atoms with Gasteiger partial charge in [0.2, 0.25) is 6.39 Å². The van der Waals surface area contributed by atoms with Crippen LogP contribution >= 0.6 is 0 Å². The summed E-state index contributed by atoms with van der Waals surface area (Å²) in [6.07, 6.45) is 3.04. The predicted octanol–water partition coefficient (Wildman–Crippen LogP) is 3.23. The summed E-state index contributed by atoms with van der Waals surface area (Å²) in [5, 5.41) is 4.02. The second-order valence-corrected chi connectivity index (χ2v) is 9.67. The van der Waals surface area contributed by atoms with Gasteiger partial charge >= 0.3 is 0 Å². The first kappa shape index (κ1) is 17.3. The largest absolute Gasteiger partial charge is 0.373 e. The van der Waals surface area contributed by atoms with E-state index in [1.807, 2.05) is 39.0 Å². The monoisotopic (exact) mass is 348 g/mol. The van der Waals surface area contributed by atoms with Gasteiger partial charge in [0.05, 0.1) is 18.1 Å². The molecule has 1 aromatic heterocycles. The second kappa shape index (κ2) is 6.76. The SMILES string of the molecule is CC(C)(C)S(=O)CC1(c2ncon2)CC(OCc2ccccc2)C1. The number of nitrogens with zero attached hydrogens (tertiary/aromatic N) is 2. The van der Waals surface area contributed by atoms with Crippen LogP contribution in [0.1, 0.15) is 45.0 Å². The molecule has 0 saturated heterocycles. The molecule has 5 nitrogen and oxygen atoms in total. The van der Waals surface area contributed by atoms with Crippen LogP contribution in [-0.4, -0.2) is 31.0 Å². The molecule has 0 N–H and O–H groups in total. The maximum Gasteiger partial charge on any atom is 0.213 e. The minimum absolute atomic E-state index is 0.140. The Morgan fingerprint density at radius 3 is 2.58 bits per heavy atom. The van der Waals surface area contributed by atoms with Gasteiger partial charge in [-0.3, -0.25) is 4.21 Å². The molecule has 0 bridgehead atoms. The molecule has 0 radical (unpaired) electrons. The molecule has 1 aliphatic carbocycles. The standard InChI is InChI=1S/C18H24N2O3S/c1-17(2,3)24(21)12-18(16-19-13-23-20-16)9-15(10-18)22-11-14-7-5-4-6-8-14/h4-8,13,15H,9-12H2,1-3H3. The van der Waals surface area contributed by atoms with E-state index in [-0.39, 0.29) is 16.3 Å². The Kier molecular flexibility index (Phi) is 4.88. The van der Waals surface area contributed by atoms with Crippen molar-refractivity contribution in [2.45, 2.75) is 56.5 Å². The third kappa shape index (κ3) is 3.75. The lowest BCUT2D eigenvalue weighted by atomic mass is 9.67. The van der Waals surface area contributed by atoms with Crippen LogP contribution in [0.5, 0.6) is 0 Å². The van der Waals surface area contributed by atoms with E-state index in [1.54, 1.807) is 0 Å². The first-order valence-electron chi connectivity index (χ1n) is 8.20. The van der Waals surface area contributed by atoms with Gasteiger partial charge in [-0.1, -0.05) is 35.5 Å². The Bertz CT molecular complexity index is 674. The molecule has 1 aromatic carbocycles. The van der Waals surface area contributed by atoms with Crippen molar-refractivity contribution >= 4 is 10.8 Å². The molecule has 1 fully saturated rings. The van der Waals surface area contributed by atoms with E-state index in [0.717, 1.165) is 18.4 Å². The quantitative estimate of drug-likeness (QED) is 0.802. The normalized spacial score (nSPS) is 25.2. The van der Waals surface area contributed by atoms with Gasteiger partial charge in [-0.05, 0) is 39.2 Å². The smallest absolute Gasteiger partial charge is 0.213 e. The van der Waals surface area contributed by atoms with E-state index in [0.29, 0.717) is 18.2 Å². The molecule has 130 valence electrons. The first-order valence-corrected chi connectivity index (χ1v) is 9.52. The predicted molar refractivity (Wildman–Crippen MR) is 93.0 cm³/mol. The Hall–Kier alpha value is -1.53. The maximum absolute atomic E-state index is 12.6. The van der Waals surface area contributed by atoms with Crippen LogP contribution in [0.2, 0.25) is 0 Å². The minimum atomic E-state index is -0.972. The van der Waals surface area contributed by atoms with E-state index in [2.05, 4.69) is 22.3 Å². The fraction of sp³-hybridized carbons (Fsp3) is 0.556. The Balaban J connectivity index is 1.64. The molecule has 0 spiro atoms. The average molecular weight is 348 g/mol. The number of ether oxygens (including phenoxy) is 1. The first-order chi connectivity index (χ1) is 11.4. The van der Waals surface area contributed by atoms with Gasteiger partial charge < -0.3 is 9.26 Å². The minimum Gasteiger partial charge on any atom is -0.373 e. The van der Waals surface area contributed by atoms with Crippen LogP contribution in [-0.2, 0) is 27.6 Å². The summed E-state index contributed by atoms with van der Waals surface area (Å²) in [7, 11) is -0.972. The molecular weight excluding hydrogens is 324 g/mol. The summed E-state index contributed by atoms with van der Waals surface area (Å²) >= 11 is 0.